The summed E-state index contributed by atoms with van der Waals surface area (Å²) in [6.07, 6.45) is 0. The van der Waals surface area contributed by atoms with Crippen LogP contribution in [0.5, 0.6) is 5.75 Å². The van der Waals surface area contributed by atoms with Gasteiger partial charge in [0, 0.05) is 5.56 Å². The predicted octanol–water partition coefficient (Wildman–Crippen LogP) is 4.31. The topological polar surface area (TPSA) is 44.0 Å². The lowest BCUT2D eigenvalue weighted by atomic mass is 9.98. The Bertz CT molecular complexity index is 656. The van der Waals surface area contributed by atoms with Gasteiger partial charge < -0.3 is 5.11 Å². The number of aryl methyl sites for hydroxylation is 2. The number of phenolic OH excluding ortho intramolecular Hbond substituents is 1. The van der Waals surface area contributed by atoms with E-state index >= 15 is 0 Å². The van der Waals surface area contributed by atoms with Gasteiger partial charge in [-0.3, -0.25) is 0 Å². The fourth-order valence-corrected chi connectivity index (χ4v) is 2.25. The van der Waals surface area contributed by atoms with Crippen molar-refractivity contribution in [1.82, 2.24) is 0 Å². The second-order valence-electron chi connectivity index (χ2n) is 4.27. The van der Waals surface area contributed by atoms with Crippen LogP contribution < -0.4 is 0 Å². The molecule has 2 aromatic rings. The maximum Gasteiger partial charge on any atom is 0.137 e. The molecule has 0 aliphatic heterocycles. The number of phenols is 1. The average Bonchev–Trinajstić information content (AvgIpc) is 2.36. The van der Waals surface area contributed by atoms with Crippen molar-refractivity contribution in [3.63, 3.8) is 0 Å². The van der Waals surface area contributed by atoms with Crippen LogP contribution in [0.4, 0.5) is 0 Å². The van der Waals surface area contributed by atoms with Crippen LogP contribution in [0, 0.1) is 25.2 Å². The van der Waals surface area contributed by atoms with Crippen LogP contribution in [0.25, 0.3) is 11.1 Å². The van der Waals surface area contributed by atoms with Crippen molar-refractivity contribution in [3.05, 3.63) is 51.5 Å². The summed E-state index contributed by atoms with van der Waals surface area (Å²) < 4.78 is 0.537. The molecule has 0 spiro atoms. The van der Waals surface area contributed by atoms with Crippen LogP contribution in [-0.2, 0) is 0 Å². The molecule has 0 amide bonds. The SMILES string of the molecule is Cc1ccc(-c2cc(C#N)cc(Br)c2O)cc1C. The maximum absolute atomic E-state index is 10.1. The van der Waals surface area contributed by atoms with Crippen molar-refractivity contribution in [2.75, 3.05) is 0 Å². The Hall–Kier alpha value is -1.79. The van der Waals surface area contributed by atoms with Crippen LogP contribution >= 0.6 is 15.9 Å². The number of aromatic hydroxyl groups is 1. The van der Waals surface area contributed by atoms with E-state index in [0.29, 0.717) is 15.6 Å². The highest BCUT2D eigenvalue weighted by molar-refractivity contribution is 9.10. The number of nitrogens with zero attached hydrogens (tertiary/aromatic N) is 1. The minimum Gasteiger partial charge on any atom is -0.506 e. The van der Waals surface area contributed by atoms with E-state index in [9.17, 15) is 5.11 Å². The van der Waals surface area contributed by atoms with Gasteiger partial charge in [-0.1, -0.05) is 18.2 Å². The Labute approximate surface area is 115 Å². The fraction of sp³-hybridized carbons (Fsp3) is 0.133. The largest absolute Gasteiger partial charge is 0.506 e. The van der Waals surface area contributed by atoms with Crippen molar-refractivity contribution < 1.29 is 5.11 Å². The van der Waals surface area contributed by atoms with Crippen molar-refractivity contribution in [1.29, 1.82) is 5.26 Å². The van der Waals surface area contributed by atoms with Crippen molar-refractivity contribution in [3.8, 4) is 22.9 Å². The lowest BCUT2D eigenvalue weighted by molar-refractivity contribution is 0.474. The summed E-state index contributed by atoms with van der Waals surface area (Å²) in [5, 5.41) is 19.0. The first-order valence-corrected chi connectivity index (χ1v) is 6.32. The maximum atomic E-state index is 10.1. The number of rotatable bonds is 1. The smallest absolute Gasteiger partial charge is 0.137 e. The van der Waals surface area contributed by atoms with Gasteiger partial charge in [-0.15, -0.1) is 0 Å². The van der Waals surface area contributed by atoms with Crippen LogP contribution in [0.2, 0.25) is 0 Å². The number of nitriles is 1. The Morgan fingerprint density at radius 2 is 1.83 bits per heavy atom. The lowest BCUT2D eigenvalue weighted by Crippen LogP contribution is -1.87. The van der Waals surface area contributed by atoms with Crippen LogP contribution in [-0.4, -0.2) is 5.11 Å². The van der Waals surface area contributed by atoms with E-state index in [0.717, 1.165) is 11.1 Å². The Morgan fingerprint density at radius 1 is 1.11 bits per heavy atom. The van der Waals surface area contributed by atoms with Gasteiger partial charge in [0.15, 0.2) is 0 Å². The molecule has 0 bridgehead atoms. The van der Waals surface area contributed by atoms with Gasteiger partial charge in [-0.05, 0) is 58.6 Å². The summed E-state index contributed by atoms with van der Waals surface area (Å²) in [6.45, 7) is 4.07. The van der Waals surface area contributed by atoms with Gasteiger partial charge >= 0.3 is 0 Å². The van der Waals surface area contributed by atoms with Gasteiger partial charge in [0.1, 0.15) is 5.75 Å². The Balaban J connectivity index is 2.67. The van der Waals surface area contributed by atoms with E-state index in [2.05, 4.69) is 22.0 Å². The predicted molar refractivity (Wildman–Crippen MR) is 75.4 cm³/mol. The third kappa shape index (κ3) is 2.25. The van der Waals surface area contributed by atoms with Crippen LogP contribution in [0.15, 0.2) is 34.8 Å². The molecule has 1 N–H and O–H groups in total. The highest BCUT2D eigenvalue weighted by Gasteiger charge is 2.10. The molecule has 0 radical (unpaired) electrons. The summed E-state index contributed by atoms with van der Waals surface area (Å²) in [6, 6.07) is 11.4. The summed E-state index contributed by atoms with van der Waals surface area (Å²) in [5.41, 5.74) is 4.46. The van der Waals surface area contributed by atoms with E-state index in [1.54, 1.807) is 12.1 Å². The number of hydrogen-bond donors (Lipinski definition) is 1. The van der Waals surface area contributed by atoms with E-state index in [1.165, 1.54) is 5.56 Å². The van der Waals surface area contributed by atoms with Gasteiger partial charge in [0.25, 0.3) is 0 Å². The zero-order valence-corrected chi connectivity index (χ0v) is 11.7. The molecule has 18 heavy (non-hydrogen) atoms. The molecule has 0 fully saturated rings. The third-order valence-corrected chi connectivity index (χ3v) is 3.61. The number of halogens is 1. The molecular weight excluding hydrogens is 290 g/mol. The molecule has 2 nitrogen and oxygen atoms in total. The second kappa shape index (κ2) is 4.83. The van der Waals surface area contributed by atoms with Crippen molar-refractivity contribution in [2.45, 2.75) is 13.8 Å². The molecule has 0 saturated heterocycles. The molecule has 0 aliphatic carbocycles. The van der Waals surface area contributed by atoms with E-state index in [1.807, 2.05) is 32.0 Å². The molecule has 0 heterocycles. The molecule has 90 valence electrons. The van der Waals surface area contributed by atoms with Crippen LogP contribution in [0.1, 0.15) is 16.7 Å². The fourth-order valence-electron chi connectivity index (χ4n) is 1.79. The van der Waals surface area contributed by atoms with Crippen LogP contribution in [0.3, 0.4) is 0 Å². The molecule has 3 heteroatoms. The van der Waals surface area contributed by atoms with E-state index in [-0.39, 0.29) is 5.75 Å². The zero-order chi connectivity index (χ0) is 13.3. The Kier molecular flexibility index (Phi) is 3.40. The minimum atomic E-state index is 0.164. The Morgan fingerprint density at radius 3 is 2.44 bits per heavy atom. The third-order valence-electron chi connectivity index (χ3n) is 3.01. The van der Waals surface area contributed by atoms with E-state index < -0.39 is 0 Å². The number of hydrogen-bond acceptors (Lipinski definition) is 2. The monoisotopic (exact) mass is 301 g/mol. The van der Waals surface area contributed by atoms with Gasteiger partial charge in [0.05, 0.1) is 16.1 Å². The molecule has 2 aromatic carbocycles. The average molecular weight is 302 g/mol. The second-order valence-corrected chi connectivity index (χ2v) is 5.12. The normalized spacial score (nSPS) is 10.1. The highest BCUT2D eigenvalue weighted by Crippen LogP contribution is 2.37. The minimum absolute atomic E-state index is 0.164. The van der Waals surface area contributed by atoms with Gasteiger partial charge in [-0.2, -0.15) is 5.26 Å². The summed E-state index contributed by atoms with van der Waals surface area (Å²) in [7, 11) is 0. The quantitative estimate of drug-likeness (QED) is 0.853. The summed E-state index contributed by atoms with van der Waals surface area (Å²) >= 11 is 3.27. The molecule has 0 saturated carbocycles. The highest BCUT2D eigenvalue weighted by atomic mass is 79.9. The van der Waals surface area contributed by atoms with E-state index in [4.69, 9.17) is 5.26 Å². The molecule has 2 rings (SSSR count). The first-order valence-electron chi connectivity index (χ1n) is 5.53. The zero-order valence-electron chi connectivity index (χ0n) is 10.2. The summed E-state index contributed by atoms with van der Waals surface area (Å²) in [4.78, 5) is 0. The lowest BCUT2D eigenvalue weighted by Gasteiger charge is -2.09. The molecule has 0 aromatic heterocycles. The van der Waals surface area contributed by atoms with Gasteiger partial charge in [0.2, 0.25) is 0 Å². The van der Waals surface area contributed by atoms with Crippen molar-refractivity contribution in [2.24, 2.45) is 0 Å². The molecular formula is C15H12BrNO. The first kappa shape index (κ1) is 12.7. The standard InChI is InChI=1S/C15H12BrNO/c1-9-3-4-12(5-10(9)2)13-6-11(8-17)7-14(16)15(13)18/h3-7,18H,1-2H3. The summed E-state index contributed by atoms with van der Waals surface area (Å²) in [5.74, 6) is 0.164. The molecule has 0 aliphatic rings. The van der Waals surface area contributed by atoms with Crippen molar-refractivity contribution >= 4 is 15.9 Å². The molecule has 0 atom stereocenters. The first-order chi connectivity index (χ1) is 8.52. The number of benzene rings is 2. The van der Waals surface area contributed by atoms with Gasteiger partial charge in [-0.25, -0.2) is 0 Å². The molecule has 0 unspecified atom stereocenters.